The number of carbonyl (C=O) groups excluding carboxylic acids is 4. The minimum Gasteiger partial charge on any atom is -0.292 e. The van der Waals surface area contributed by atoms with Crippen LogP contribution in [0.2, 0.25) is 15.1 Å². The molecule has 1 saturated heterocycles. The van der Waals surface area contributed by atoms with Crippen molar-refractivity contribution in [3.63, 3.8) is 0 Å². The highest BCUT2D eigenvalue weighted by Gasteiger charge is 2.36. The minimum atomic E-state index is -0.738. The van der Waals surface area contributed by atoms with Crippen molar-refractivity contribution in [1.82, 2.24) is 10.0 Å². The van der Waals surface area contributed by atoms with Crippen molar-refractivity contribution in [2.45, 2.75) is 19.3 Å². The van der Waals surface area contributed by atoms with E-state index < -0.39 is 30.0 Å². The Balaban J connectivity index is 1.99. The first kappa shape index (κ1) is 21.3. The predicted octanol–water partition coefficient (Wildman–Crippen LogP) is 4.43. The Labute approximate surface area is 181 Å². The average molecular weight is 454 g/mol. The van der Waals surface area contributed by atoms with Crippen molar-refractivity contribution >= 4 is 58.3 Å². The van der Waals surface area contributed by atoms with Gasteiger partial charge in [-0.05, 0) is 36.8 Å². The van der Waals surface area contributed by atoms with Crippen LogP contribution in [0.4, 0.5) is 0 Å². The Hall–Kier alpha value is -2.41. The molecular weight excluding hydrogens is 439 g/mol. The molecule has 0 saturated carbocycles. The van der Waals surface area contributed by atoms with E-state index in [1.54, 1.807) is 12.1 Å². The lowest BCUT2D eigenvalue weighted by Gasteiger charge is -2.35. The Kier molecular flexibility index (Phi) is 6.57. The third-order valence-corrected chi connectivity index (χ3v) is 5.24. The van der Waals surface area contributed by atoms with Crippen molar-refractivity contribution in [2.24, 2.45) is 0 Å². The topological polar surface area (TPSA) is 74.8 Å². The van der Waals surface area contributed by atoms with Gasteiger partial charge in [-0.3, -0.25) is 19.2 Å². The van der Waals surface area contributed by atoms with E-state index in [1.165, 1.54) is 30.3 Å². The number of carbonyl (C=O) groups is 4. The Morgan fingerprint density at radius 2 is 1.55 bits per heavy atom. The number of nitrogens with zero attached hydrogens (tertiary/aromatic N) is 2. The van der Waals surface area contributed by atoms with Crippen LogP contribution in [0.25, 0.3) is 0 Å². The normalized spacial score (nSPS) is 14.1. The summed E-state index contributed by atoms with van der Waals surface area (Å²) >= 11 is 18.1. The molecule has 2 aromatic rings. The van der Waals surface area contributed by atoms with Gasteiger partial charge in [-0.2, -0.15) is 5.01 Å². The van der Waals surface area contributed by atoms with Gasteiger partial charge < -0.3 is 0 Å². The van der Waals surface area contributed by atoms with Gasteiger partial charge in [0.2, 0.25) is 11.8 Å². The van der Waals surface area contributed by atoms with Crippen molar-refractivity contribution in [3.05, 3.63) is 68.7 Å². The summed E-state index contributed by atoms with van der Waals surface area (Å²) in [5.41, 5.74) is 0.181. The van der Waals surface area contributed by atoms with Gasteiger partial charge in [0, 0.05) is 23.4 Å². The number of imide groups is 1. The zero-order valence-electron chi connectivity index (χ0n) is 15.0. The van der Waals surface area contributed by atoms with Crippen LogP contribution in [-0.2, 0) is 9.59 Å². The smallest absolute Gasteiger partial charge is 0.274 e. The summed E-state index contributed by atoms with van der Waals surface area (Å²) in [4.78, 5) is 50.9. The molecule has 0 spiro atoms. The van der Waals surface area contributed by atoms with E-state index in [1.807, 2.05) is 0 Å². The molecule has 3 amide bonds. The number of hydrogen-bond donors (Lipinski definition) is 0. The van der Waals surface area contributed by atoms with Gasteiger partial charge in [-0.1, -0.05) is 46.9 Å². The number of hydrazine groups is 1. The van der Waals surface area contributed by atoms with Gasteiger partial charge in [0.15, 0.2) is 5.78 Å². The first-order valence-corrected chi connectivity index (χ1v) is 9.83. The number of ketones is 1. The largest absolute Gasteiger partial charge is 0.292 e. The SMILES string of the molecule is O=C(CN(C(=O)c1ccccc1Cl)N1C(=O)CCCC1=O)c1ccc(Cl)cc1Cl. The van der Waals surface area contributed by atoms with Crippen LogP contribution in [0.5, 0.6) is 0 Å². The summed E-state index contributed by atoms with van der Waals surface area (Å²) in [6.07, 6.45) is 0.571. The van der Waals surface area contributed by atoms with Crippen LogP contribution >= 0.6 is 34.8 Å². The van der Waals surface area contributed by atoms with Gasteiger partial charge in [-0.25, -0.2) is 5.01 Å². The quantitative estimate of drug-likeness (QED) is 0.496. The van der Waals surface area contributed by atoms with Gasteiger partial charge in [0.25, 0.3) is 5.91 Å². The second-order valence-electron chi connectivity index (χ2n) is 6.34. The van der Waals surface area contributed by atoms with Crippen molar-refractivity contribution in [3.8, 4) is 0 Å². The van der Waals surface area contributed by atoms with E-state index in [4.69, 9.17) is 34.8 Å². The molecule has 6 nitrogen and oxygen atoms in total. The average Bonchev–Trinajstić information content (AvgIpc) is 2.66. The molecule has 1 aliphatic heterocycles. The highest BCUT2D eigenvalue weighted by molar-refractivity contribution is 6.37. The second-order valence-corrected chi connectivity index (χ2v) is 7.59. The Bertz CT molecular complexity index is 993. The summed E-state index contributed by atoms with van der Waals surface area (Å²) in [7, 11) is 0. The summed E-state index contributed by atoms with van der Waals surface area (Å²) in [6, 6.07) is 10.5. The Morgan fingerprint density at radius 1 is 0.897 bits per heavy atom. The highest BCUT2D eigenvalue weighted by atomic mass is 35.5. The standard InChI is InChI=1S/C20H15Cl3N2O4/c21-12-8-9-13(16(23)10-12)17(26)11-24(25-18(27)6-3-7-19(25)28)20(29)14-4-1-2-5-15(14)22/h1-2,4-5,8-10H,3,6-7,11H2. The molecule has 0 atom stereocenters. The third-order valence-electron chi connectivity index (χ3n) is 4.36. The predicted molar refractivity (Wildman–Crippen MR) is 109 cm³/mol. The summed E-state index contributed by atoms with van der Waals surface area (Å²) in [6.45, 7) is -0.567. The van der Waals surface area contributed by atoms with Gasteiger partial charge in [0.05, 0.1) is 15.6 Å². The van der Waals surface area contributed by atoms with Crippen molar-refractivity contribution < 1.29 is 19.2 Å². The van der Waals surface area contributed by atoms with E-state index in [0.29, 0.717) is 11.4 Å². The maximum atomic E-state index is 13.2. The van der Waals surface area contributed by atoms with Crippen molar-refractivity contribution in [2.75, 3.05) is 6.54 Å². The van der Waals surface area contributed by atoms with Crippen LogP contribution in [0.1, 0.15) is 40.0 Å². The van der Waals surface area contributed by atoms with E-state index in [0.717, 1.165) is 10.0 Å². The van der Waals surface area contributed by atoms with Gasteiger partial charge in [-0.15, -0.1) is 0 Å². The molecule has 0 aromatic heterocycles. The van der Waals surface area contributed by atoms with Gasteiger partial charge >= 0.3 is 0 Å². The molecule has 0 radical (unpaired) electrons. The zero-order valence-corrected chi connectivity index (χ0v) is 17.3. The molecule has 3 rings (SSSR count). The first-order valence-electron chi connectivity index (χ1n) is 8.70. The molecule has 1 aliphatic rings. The van der Waals surface area contributed by atoms with Crippen LogP contribution < -0.4 is 0 Å². The van der Waals surface area contributed by atoms with Crippen LogP contribution in [0, 0.1) is 0 Å². The fourth-order valence-corrected chi connectivity index (χ4v) is 3.69. The number of rotatable bonds is 5. The van der Waals surface area contributed by atoms with Crippen LogP contribution in [-0.4, -0.2) is 40.1 Å². The lowest BCUT2D eigenvalue weighted by Crippen LogP contribution is -2.56. The summed E-state index contributed by atoms with van der Waals surface area (Å²) in [5, 5.41) is 2.15. The molecule has 1 fully saturated rings. The Morgan fingerprint density at radius 3 is 2.17 bits per heavy atom. The first-order chi connectivity index (χ1) is 13.8. The van der Waals surface area contributed by atoms with E-state index in [2.05, 4.69) is 0 Å². The molecule has 9 heteroatoms. The van der Waals surface area contributed by atoms with Crippen molar-refractivity contribution in [1.29, 1.82) is 0 Å². The fraction of sp³-hybridized carbons (Fsp3) is 0.200. The zero-order chi connectivity index (χ0) is 21.1. The summed E-state index contributed by atoms with van der Waals surface area (Å²) in [5.74, 6) is -2.41. The molecular formula is C20H15Cl3N2O4. The number of piperidine rings is 1. The van der Waals surface area contributed by atoms with E-state index in [9.17, 15) is 19.2 Å². The number of Topliss-reactive ketones (excluding diaryl/α,β-unsaturated/α-hetero) is 1. The second kappa shape index (κ2) is 8.95. The minimum absolute atomic E-state index is 0.0651. The number of hydrogen-bond acceptors (Lipinski definition) is 4. The molecule has 2 aromatic carbocycles. The summed E-state index contributed by atoms with van der Waals surface area (Å²) < 4.78 is 0. The van der Waals surface area contributed by atoms with E-state index >= 15 is 0 Å². The molecule has 150 valence electrons. The van der Waals surface area contributed by atoms with Gasteiger partial charge in [0.1, 0.15) is 6.54 Å². The molecule has 1 heterocycles. The van der Waals surface area contributed by atoms with Crippen LogP contribution in [0.3, 0.4) is 0 Å². The number of halogens is 3. The third kappa shape index (κ3) is 4.61. The van der Waals surface area contributed by atoms with Crippen LogP contribution in [0.15, 0.2) is 42.5 Å². The molecule has 0 aliphatic carbocycles. The molecule has 0 unspecified atom stereocenters. The molecule has 29 heavy (non-hydrogen) atoms. The lowest BCUT2D eigenvalue weighted by molar-refractivity contribution is -0.162. The highest BCUT2D eigenvalue weighted by Crippen LogP contribution is 2.25. The molecule has 0 N–H and O–H groups in total. The fourth-order valence-electron chi connectivity index (χ4n) is 2.95. The maximum Gasteiger partial charge on any atom is 0.274 e. The number of benzene rings is 2. The molecule has 0 bridgehead atoms. The van der Waals surface area contributed by atoms with E-state index in [-0.39, 0.29) is 34.0 Å². The monoisotopic (exact) mass is 452 g/mol. The number of amides is 3. The maximum absolute atomic E-state index is 13.2. The lowest BCUT2D eigenvalue weighted by atomic mass is 10.1.